The Balaban J connectivity index is -0.0000000267. The minimum atomic E-state index is -4.92. The van der Waals surface area contributed by atoms with Gasteiger partial charge in [0.25, 0.3) is 0 Å². The first-order chi connectivity index (χ1) is 2.00. The molecular weight excluding hydrogens is 174 g/mol. The molecule has 0 amide bonds. The van der Waals surface area contributed by atoms with Crippen LogP contribution in [0.25, 0.3) is 0 Å². The van der Waals surface area contributed by atoms with Gasteiger partial charge in [0.2, 0.25) is 10.4 Å². The van der Waals surface area contributed by atoms with Gasteiger partial charge >= 0.3 is 80.9 Å². The molecule has 0 aromatic rings. The van der Waals surface area contributed by atoms with E-state index in [9.17, 15) is 0 Å². The van der Waals surface area contributed by atoms with Crippen molar-refractivity contribution in [2.45, 2.75) is 0 Å². The number of hydrogen-bond acceptors (Lipinski definition) is 4. The van der Waals surface area contributed by atoms with E-state index >= 15 is 0 Å². The van der Waals surface area contributed by atoms with Crippen LogP contribution in [-0.2, 0) is 10.4 Å². The molecular formula is H2KNaO5S. The molecule has 0 atom stereocenters. The maximum Gasteiger partial charge on any atom is 1.00 e. The van der Waals surface area contributed by atoms with Crippen LogP contribution in [0.5, 0.6) is 0 Å². The van der Waals surface area contributed by atoms with Crippen molar-refractivity contribution in [2.24, 2.45) is 0 Å². The van der Waals surface area contributed by atoms with Crippen molar-refractivity contribution >= 4 is 10.4 Å². The van der Waals surface area contributed by atoms with Crippen molar-refractivity contribution in [3.05, 3.63) is 0 Å². The summed E-state index contributed by atoms with van der Waals surface area (Å²) < 4.78 is 32.8. The largest absolute Gasteiger partial charge is 1.00 e. The first kappa shape index (κ1) is 22.4. The van der Waals surface area contributed by atoms with Crippen LogP contribution in [-0.4, -0.2) is 23.0 Å². The minimum absolute atomic E-state index is 0. The Kier molecular flexibility index (Phi) is 26.5. The summed E-state index contributed by atoms with van der Waals surface area (Å²) in [6.07, 6.45) is 0. The monoisotopic (exact) mass is 176 g/mol. The second-order valence-corrected chi connectivity index (χ2v) is 1.28. The first-order valence-corrected chi connectivity index (χ1v) is 2.05. The van der Waals surface area contributed by atoms with Crippen LogP contribution in [0.1, 0.15) is 0 Å². The second-order valence-electron chi connectivity index (χ2n) is 0.428. The molecule has 0 unspecified atom stereocenters. The molecule has 0 aromatic carbocycles. The Bertz CT molecular complexity index is 95.6. The van der Waals surface area contributed by atoms with Crippen molar-refractivity contribution in [2.75, 3.05) is 0 Å². The van der Waals surface area contributed by atoms with E-state index in [1.165, 1.54) is 0 Å². The topological polar surface area (TPSA) is 107 Å². The van der Waals surface area contributed by atoms with E-state index in [2.05, 4.69) is 0 Å². The third-order valence-electron chi connectivity index (χ3n) is 0. The molecule has 0 aliphatic carbocycles. The molecule has 2 N–H and O–H groups in total. The van der Waals surface area contributed by atoms with Crippen LogP contribution in [0.4, 0.5) is 0 Å². The van der Waals surface area contributed by atoms with Gasteiger partial charge < -0.3 is 10.0 Å². The van der Waals surface area contributed by atoms with Crippen LogP contribution in [0.2, 0.25) is 0 Å². The zero-order valence-corrected chi connectivity index (χ0v) is 10.5. The fourth-order valence-corrected chi connectivity index (χ4v) is 0. The Morgan fingerprint density at radius 3 is 1.38 bits per heavy atom. The van der Waals surface area contributed by atoms with Gasteiger partial charge in [0.15, 0.2) is 0 Å². The smallest absolute Gasteiger partial charge is 0.870 e. The molecule has 0 saturated carbocycles. The van der Waals surface area contributed by atoms with E-state index in [4.69, 9.17) is 17.5 Å². The van der Waals surface area contributed by atoms with Crippen molar-refractivity contribution in [3.63, 3.8) is 0 Å². The van der Waals surface area contributed by atoms with E-state index < -0.39 is 10.4 Å². The molecule has 5 nitrogen and oxygen atoms in total. The van der Waals surface area contributed by atoms with Crippen molar-refractivity contribution in [1.82, 2.24) is 0 Å². The van der Waals surface area contributed by atoms with Gasteiger partial charge in [-0.25, -0.2) is 8.42 Å². The first-order valence-electron chi connectivity index (χ1n) is 0.683. The van der Waals surface area contributed by atoms with Gasteiger partial charge in [0.1, 0.15) is 0 Å². The second kappa shape index (κ2) is 9.47. The molecule has 8 heteroatoms. The average molecular weight is 176 g/mol. The van der Waals surface area contributed by atoms with Crippen LogP contribution >= 0.6 is 0 Å². The molecule has 0 radical (unpaired) electrons. The zero-order chi connectivity index (χ0) is 4.50. The molecule has 0 aliphatic rings. The Hall–Kier alpha value is 2.47. The van der Waals surface area contributed by atoms with Gasteiger partial charge in [0, 0.05) is 0 Å². The molecule has 0 aromatic heterocycles. The molecule has 0 aliphatic heterocycles. The van der Waals surface area contributed by atoms with E-state index in [-0.39, 0.29) is 86.4 Å². The normalized spacial score (nSPS) is 7.25. The fraction of sp³-hybridized carbons (Fsp3) is 0. The van der Waals surface area contributed by atoms with Crippen LogP contribution in [0, 0.1) is 0 Å². The minimum Gasteiger partial charge on any atom is -0.870 e. The Morgan fingerprint density at radius 2 is 1.38 bits per heavy atom. The van der Waals surface area contributed by atoms with E-state index in [1.54, 1.807) is 0 Å². The van der Waals surface area contributed by atoms with Crippen molar-refractivity contribution < 1.29 is 104 Å². The molecule has 0 fully saturated rings. The zero-order valence-electron chi connectivity index (χ0n) is 4.53. The van der Waals surface area contributed by atoms with E-state index in [1.807, 2.05) is 0 Å². The average Bonchev–Trinajstić information content (AvgIpc) is 0.722. The summed E-state index contributed by atoms with van der Waals surface area (Å²) in [7, 11) is -4.92. The summed E-state index contributed by atoms with van der Waals surface area (Å²) >= 11 is 0. The van der Waals surface area contributed by atoms with Gasteiger partial charge in [-0.05, 0) is 0 Å². The number of hydrogen-bond donors (Lipinski definition) is 1. The van der Waals surface area contributed by atoms with Gasteiger partial charge in [-0.1, -0.05) is 0 Å². The summed E-state index contributed by atoms with van der Waals surface area (Å²) in [5.41, 5.74) is 0. The summed E-state index contributed by atoms with van der Waals surface area (Å²) in [6, 6.07) is 0. The van der Waals surface area contributed by atoms with Crippen molar-refractivity contribution in [3.8, 4) is 0 Å². The third-order valence-corrected chi connectivity index (χ3v) is 0. The summed E-state index contributed by atoms with van der Waals surface area (Å²) in [4.78, 5) is 0. The molecule has 0 spiro atoms. The predicted octanol–water partition coefficient (Wildman–Crippen LogP) is -7.16. The summed E-state index contributed by atoms with van der Waals surface area (Å²) in [5, 5.41) is 0. The Labute approximate surface area is 112 Å². The number of rotatable bonds is 0. The van der Waals surface area contributed by atoms with E-state index in [0.717, 1.165) is 0 Å². The Morgan fingerprint density at radius 1 is 1.38 bits per heavy atom. The maximum atomic E-state index is 8.63. The SMILES string of the molecule is O=S(=O)([O-])O.[K+].[Na+].[OH-]. The molecule has 0 saturated heterocycles. The van der Waals surface area contributed by atoms with Gasteiger partial charge in [-0.15, -0.1) is 0 Å². The maximum absolute atomic E-state index is 8.63. The van der Waals surface area contributed by atoms with Gasteiger partial charge in [-0.2, -0.15) is 0 Å². The van der Waals surface area contributed by atoms with Crippen LogP contribution < -0.4 is 80.9 Å². The standard InChI is InChI=1S/K.Na.H2O4S.H2O/c;;1-5(2,3)4;/h;;(H2,1,2,3,4);1H2/q2*+1;;/p-2. The predicted molar refractivity (Wildman–Crippen MR) is 14.3 cm³/mol. The quantitative estimate of drug-likeness (QED) is 0.224. The fourth-order valence-electron chi connectivity index (χ4n) is 0. The molecule has 0 rings (SSSR count). The van der Waals surface area contributed by atoms with E-state index in [0.29, 0.717) is 0 Å². The molecule has 0 bridgehead atoms. The van der Waals surface area contributed by atoms with Gasteiger partial charge in [0.05, 0.1) is 0 Å². The summed E-state index contributed by atoms with van der Waals surface area (Å²) in [6.45, 7) is 0. The van der Waals surface area contributed by atoms with Crippen molar-refractivity contribution in [1.29, 1.82) is 0 Å². The third kappa shape index (κ3) is 77.6. The van der Waals surface area contributed by atoms with Gasteiger partial charge in [-0.3, -0.25) is 4.55 Å². The molecule has 40 valence electrons. The van der Waals surface area contributed by atoms with Crippen LogP contribution in [0.3, 0.4) is 0 Å². The summed E-state index contributed by atoms with van der Waals surface area (Å²) in [5.74, 6) is 0. The van der Waals surface area contributed by atoms with Crippen LogP contribution in [0.15, 0.2) is 0 Å². The molecule has 0 heterocycles. The molecule has 8 heavy (non-hydrogen) atoms.